The van der Waals surface area contributed by atoms with Crippen LogP contribution < -0.4 is 5.32 Å². The Kier molecular flexibility index (Phi) is 4.76. The van der Waals surface area contributed by atoms with Gasteiger partial charge in [-0.15, -0.1) is 0 Å². The fraction of sp³-hybridized carbons (Fsp3) is 0.556. The van der Waals surface area contributed by atoms with Crippen molar-refractivity contribution in [3.8, 4) is 0 Å². The molecule has 0 spiro atoms. The summed E-state index contributed by atoms with van der Waals surface area (Å²) < 4.78 is 5.52. The van der Waals surface area contributed by atoms with E-state index in [4.69, 9.17) is 4.74 Å². The zero-order valence-electron chi connectivity index (χ0n) is 12.8. The average Bonchev–Trinajstić information content (AvgIpc) is 2.54. The minimum atomic E-state index is -0.154. The van der Waals surface area contributed by atoms with Gasteiger partial charge in [0.15, 0.2) is 0 Å². The van der Waals surface area contributed by atoms with Gasteiger partial charge in [0.25, 0.3) is 0 Å². The highest BCUT2D eigenvalue weighted by Gasteiger charge is 2.27. The molecule has 1 amide bonds. The number of esters is 1. The Labute approximate surface area is 131 Å². The van der Waals surface area contributed by atoms with E-state index in [1.54, 1.807) is 0 Å². The number of carbonyl (C=O) groups excluding carboxylic acids is 2. The number of fused-ring (bicyclic) bond motifs is 1. The zero-order chi connectivity index (χ0) is 15.4. The van der Waals surface area contributed by atoms with Crippen LogP contribution in [0.2, 0.25) is 0 Å². The second-order valence-electron chi connectivity index (χ2n) is 6.34. The molecule has 1 aromatic carbocycles. The van der Waals surface area contributed by atoms with E-state index in [2.05, 4.69) is 5.32 Å². The Morgan fingerprint density at radius 1 is 1.18 bits per heavy atom. The van der Waals surface area contributed by atoms with E-state index in [1.807, 2.05) is 24.3 Å². The summed E-state index contributed by atoms with van der Waals surface area (Å²) in [6.45, 7) is 0. The van der Waals surface area contributed by atoms with Gasteiger partial charge in [-0.2, -0.15) is 0 Å². The van der Waals surface area contributed by atoms with E-state index in [0.717, 1.165) is 36.9 Å². The van der Waals surface area contributed by atoms with E-state index in [0.29, 0.717) is 19.3 Å². The highest BCUT2D eigenvalue weighted by atomic mass is 16.5. The molecule has 0 radical (unpaired) electrons. The first kappa shape index (κ1) is 15.1. The van der Waals surface area contributed by atoms with E-state index in [1.165, 1.54) is 6.42 Å². The van der Waals surface area contributed by atoms with Crippen molar-refractivity contribution in [1.29, 1.82) is 0 Å². The van der Waals surface area contributed by atoms with Crippen LogP contribution in [0.4, 0.5) is 5.69 Å². The first-order chi connectivity index (χ1) is 10.7. The Morgan fingerprint density at radius 2 is 1.95 bits per heavy atom. The Bertz CT molecular complexity index is 549. The minimum Gasteiger partial charge on any atom is -0.462 e. The fourth-order valence-corrected chi connectivity index (χ4v) is 3.37. The lowest BCUT2D eigenvalue weighted by Crippen LogP contribution is -2.30. The lowest BCUT2D eigenvalue weighted by molar-refractivity contribution is -0.150. The molecule has 3 rings (SSSR count). The summed E-state index contributed by atoms with van der Waals surface area (Å²) in [6.07, 6.45) is 7.23. The molecule has 1 aliphatic heterocycles. The van der Waals surface area contributed by atoms with Crippen molar-refractivity contribution in [3.63, 3.8) is 0 Å². The number of nitrogens with one attached hydrogen (secondary N) is 1. The van der Waals surface area contributed by atoms with E-state index >= 15 is 0 Å². The molecule has 0 aromatic heterocycles. The van der Waals surface area contributed by atoms with Gasteiger partial charge in [-0.25, -0.2) is 0 Å². The Hall–Kier alpha value is -1.84. The lowest BCUT2D eigenvalue weighted by atomic mass is 9.90. The van der Waals surface area contributed by atoms with Crippen LogP contribution in [0.1, 0.15) is 50.5 Å². The standard InChI is InChI=1S/C18H23NO3/c20-17(22-15-7-2-1-3-8-15)11-10-14-12-13-6-4-5-9-16(13)19-18(14)21/h4-6,9,14-15H,1-3,7-8,10-12H2,(H,19,21)/t14-/m1/s1. The van der Waals surface area contributed by atoms with Crippen LogP contribution in [-0.4, -0.2) is 18.0 Å². The number of rotatable bonds is 4. The van der Waals surface area contributed by atoms with Gasteiger partial charge in [-0.3, -0.25) is 9.59 Å². The Morgan fingerprint density at radius 3 is 2.77 bits per heavy atom. The normalized spacial score (nSPS) is 21.8. The smallest absolute Gasteiger partial charge is 0.306 e. The van der Waals surface area contributed by atoms with Crippen LogP contribution in [0.5, 0.6) is 0 Å². The number of para-hydroxylation sites is 1. The van der Waals surface area contributed by atoms with Crippen LogP contribution in [0.3, 0.4) is 0 Å². The third kappa shape index (κ3) is 3.67. The summed E-state index contributed by atoms with van der Waals surface area (Å²) in [4.78, 5) is 24.0. The number of ether oxygens (including phenoxy) is 1. The summed E-state index contributed by atoms with van der Waals surface area (Å²) in [6, 6.07) is 7.84. The van der Waals surface area contributed by atoms with Gasteiger partial charge >= 0.3 is 5.97 Å². The summed E-state index contributed by atoms with van der Waals surface area (Å²) in [5, 5.41) is 2.92. The maximum absolute atomic E-state index is 12.1. The average molecular weight is 301 g/mol. The molecule has 0 saturated heterocycles. The van der Waals surface area contributed by atoms with Crippen LogP contribution >= 0.6 is 0 Å². The second-order valence-corrected chi connectivity index (χ2v) is 6.34. The summed E-state index contributed by atoms with van der Waals surface area (Å²) >= 11 is 0. The number of amides is 1. The van der Waals surface area contributed by atoms with Crippen molar-refractivity contribution in [2.24, 2.45) is 5.92 Å². The molecule has 1 saturated carbocycles. The monoisotopic (exact) mass is 301 g/mol. The van der Waals surface area contributed by atoms with Gasteiger partial charge < -0.3 is 10.1 Å². The molecule has 1 N–H and O–H groups in total. The maximum atomic E-state index is 12.1. The predicted molar refractivity (Wildman–Crippen MR) is 84.5 cm³/mol. The van der Waals surface area contributed by atoms with E-state index in [-0.39, 0.29) is 23.9 Å². The molecule has 1 aliphatic carbocycles. The van der Waals surface area contributed by atoms with Gasteiger partial charge in [0.1, 0.15) is 6.10 Å². The highest BCUT2D eigenvalue weighted by molar-refractivity contribution is 5.95. The van der Waals surface area contributed by atoms with Gasteiger partial charge in [-0.05, 0) is 50.2 Å². The highest BCUT2D eigenvalue weighted by Crippen LogP contribution is 2.28. The third-order valence-corrected chi connectivity index (χ3v) is 4.66. The maximum Gasteiger partial charge on any atom is 0.306 e. The number of benzene rings is 1. The molecule has 1 fully saturated rings. The first-order valence-electron chi connectivity index (χ1n) is 8.30. The van der Waals surface area contributed by atoms with Crippen molar-refractivity contribution < 1.29 is 14.3 Å². The van der Waals surface area contributed by atoms with Gasteiger partial charge in [0.2, 0.25) is 5.91 Å². The molecule has 4 nitrogen and oxygen atoms in total. The lowest BCUT2D eigenvalue weighted by Gasteiger charge is -2.25. The largest absolute Gasteiger partial charge is 0.462 e. The van der Waals surface area contributed by atoms with Gasteiger partial charge in [0, 0.05) is 18.0 Å². The molecule has 22 heavy (non-hydrogen) atoms. The van der Waals surface area contributed by atoms with Crippen LogP contribution in [0.25, 0.3) is 0 Å². The predicted octanol–water partition coefficient (Wildman–Crippen LogP) is 3.45. The minimum absolute atomic E-state index is 0.0177. The number of anilines is 1. The summed E-state index contributed by atoms with van der Waals surface area (Å²) in [5.74, 6) is -0.267. The molecule has 118 valence electrons. The Balaban J connectivity index is 1.49. The molecule has 1 heterocycles. The van der Waals surface area contributed by atoms with Crippen molar-refractivity contribution in [2.45, 2.75) is 57.5 Å². The fourth-order valence-electron chi connectivity index (χ4n) is 3.37. The summed E-state index contributed by atoms with van der Waals surface area (Å²) in [7, 11) is 0. The van der Waals surface area contributed by atoms with Gasteiger partial charge in [0.05, 0.1) is 0 Å². The molecule has 1 aromatic rings. The molecular formula is C18H23NO3. The van der Waals surface area contributed by atoms with Crippen LogP contribution in [-0.2, 0) is 20.7 Å². The van der Waals surface area contributed by atoms with Crippen LogP contribution in [0, 0.1) is 5.92 Å². The second kappa shape index (κ2) is 6.95. The van der Waals surface area contributed by atoms with Crippen molar-refractivity contribution in [3.05, 3.63) is 29.8 Å². The summed E-state index contributed by atoms with van der Waals surface area (Å²) in [5.41, 5.74) is 2.04. The number of hydrogen-bond acceptors (Lipinski definition) is 3. The van der Waals surface area contributed by atoms with Crippen molar-refractivity contribution >= 4 is 17.6 Å². The molecule has 0 bridgehead atoms. The van der Waals surface area contributed by atoms with Crippen molar-refractivity contribution in [2.75, 3.05) is 5.32 Å². The molecular weight excluding hydrogens is 278 g/mol. The van der Waals surface area contributed by atoms with Crippen LogP contribution in [0.15, 0.2) is 24.3 Å². The van der Waals surface area contributed by atoms with E-state index in [9.17, 15) is 9.59 Å². The SMILES string of the molecule is O=C(CC[C@@H]1Cc2ccccc2NC1=O)OC1CCCCC1. The van der Waals surface area contributed by atoms with Gasteiger partial charge in [-0.1, -0.05) is 24.6 Å². The number of carbonyl (C=O) groups is 2. The quantitative estimate of drug-likeness (QED) is 0.867. The number of hydrogen-bond donors (Lipinski definition) is 1. The van der Waals surface area contributed by atoms with E-state index < -0.39 is 0 Å². The molecule has 1 atom stereocenters. The molecule has 0 unspecified atom stereocenters. The third-order valence-electron chi connectivity index (χ3n) is 4.66. The molecule has 4 heteroatoms. The van der Waals surface area contributed by atoms with Crippen molar-refractivity contribution in [1.82, 2.24) is 0 Å². The molecule has 2 aliphatic rings. The first-order valence-corrected chi connectivity index (χ1v) is 8.30. The zero-order valence-corrected chi connectivity index (χ0v) is 12.8. The topological polar surface area (TPSA) is 55.4 Å².